The van der Waals surface area contributed by atoms with Gasteiger partial charge >= 0.3 is 6.09 Å². The van der Waals surface area contributed by atoms with Crippen LogP contribution in [0.25, 0.3) is 0 Å². The van der Waals surface area contributed by atoms with Crippen molar-refractivity contribution in [3.63, 3.8) is 0 Å². The third kappa shape index (κ3) is 3.87. The quantitative estimate of drug-likeness (QED) is 0.707. The van der Waals surface area contributed by atoms with Gasteiger partial charge in [0.05, 0.1) is 0 Å². The van der Waals surface area contributed by atoms with Crippen LogP contribution in [0.3, 0.4) is 0 Å². The molecule has 1 fully saturated rings. The summed E-state index contributed by atoms with van der Waals surface area (Å²) in [5, 5.41) is 0. The lowest BCUT2D eigenvalue weighted by atomic mass is 9.89. The summed E-state index contributed by atoms with van der Waals surface area (Å²) in [6, 6.07) is 0. The molecule has 17 heavy (non-hydrogen) atoms. The third-order valence-corrected chi connectivity index (χ3v) is 3.57. The Morgan fingerprint density at radius 2 is 1.71 bits per heavy atom. The molecule has 1 saturated heterocycles. The molecule has 1 amide bonds. The third-order valence-electron chi connectivity index (χ3n) is 3.57. The van der Waals surface area contributed by atoms with E-state index in [0.29, 0.717) is 0 Å². The van der Waals surface area contributed by atoms with Crippen LogP contribution in [0.15, 0.2) is 0 Å². The lowest BCUT2D eigenvalue weighted by Gasteiger charge is -2.43. The zero-order chi connectivity index (χ0) is 13.3. The van der Waals surface area contributed by atoms with E-state index in [-0.39, 0.29) is 11.6 Å². The minimum absolute atomic E-state index is 0.182. The van der Waals surface area contributed by atoms with E-state index in [1.165, 1.54) is 0 Å². The number of piperidine rings is 1. The number of hydrogen-bond donors (Lipinski definition) is 0. The van der Waals surface area contributed by atoms with Crippen LogP contribution in [0.5, 0.6) is 0 Å². The van der Waals surface area contributed by atoms with Gasteiger partial charge in [0.1, 0.15) is 5.60 Å². The van der Waals surface area contributed by atoms with E-state index < -0.39 is 5.60 Å². The fourth-order valence-electron chi connectivity index (χ4n) is 1.94. The van der Waals surface area contributed by atoms with Gasteiger partial charge in [-0.2, -0.15) is 0 Å². The van der Waals surface area contributed by atoms with Crippen LogP contribution in [0.2, 0.25) is 0 Å². The summed E-state index contributed by atoms with van der Waals surface area (Å²) < 4.78 is 5.38. The maximum atomic E-state index is 11.9. The molecule has 4 nitrogen and oxygen atoms in total. The highest BCUT2D eigenvalue weighted by Crippen LogP contribution is 2.27. The van der Waals surface area contributed by atoms with E-state index in [1.807, 2.05) is 25.7 Å². The minimum Gasteiger partial charge on any atom is -0.444 e. The highest BCUT2D eigenvalue weighted by Gasteiger charge is 2.34. The average molecular weight is 242 g/mol. The normalized spacial score (nSPS) is 20.5. The number of hydrogen-bond acceptors (Lipinski definition) is 3. The molecule has 0 aromatic rings. The lowest BCUT2D eigenvalue weighted by molar-refractivity contribution is 0.00663. The van der Waals surface area contributed by atoms with Gasteiger partial charge in [-0.1, -0.05) is 0 Å². The van der Waals surface area contributed by atoms with Crippen LogP contribution in [-0.2, 0) is 4.74 Å². The Morgan fingerprint density at radius 1 is 1.24 bits per heavy atom. The first-order chi connectivity index (χ1) is 7.64. The van der Waals surface area contributed by atoms with Gasteiger partial charge in [-0.15, -0.1) is 0 Å². The van der Waals surface area contributed by atoms with Gasteiger partial charge < -0.3 is 14.5 Å². The smallest absolute Gasteiger partial charge is 0.410 e. The van der Waals surface area contributed by atoms with E-state index in [1.54, 1.807) is 0 Å². The number of carbonyl (C=O) groups excluding carboxylic acids is 1. The first-order valence-corrected chi connectivity index (χ1v) is 6.29. The highest BCUT2D eigenvalue weighted by atomic mass is 16.6. The zero-order valence-electron chi connectivity index (χ0n) is 12.0. The molecule has 0 aromatic heterocycles. The number of nitrogens with zero attached hydrogens (tertiary/aromatic N) is 2. The van der Waals surface area contributed by atoms with Crippen LogP contribution in [-0.4, -0.2) is 54.2 Å². The summed E-state index contributed by atoms with van der Waals surface area (Å²) in [7, 11) is 4.20. The van der Waals surface area contributed by atoms with E-state index >= 15 is 0 Å². The summed E-state index contributed by atoms with van der Waals surface area (Å²) in [5.41, 5.74) is -0.197. The van der Waals surface area contributed by atoms with Crippen molar-refractivity contribution in [3.8, 4) is 0 Å². The van der Waals surface area contributed by atoms with Crippen LogP contribution in [0, 0.1) is 0 Å². The van der Waals surface area contributed by atoms with E-state index in [4.69, 9.17) is 4.74 Å². The molecule has 1 rings (SSSR count). The van der Waals surface area contributed by atoms with Crippen molar-refractivity contribution in [3.05, 3.63) is 0 Å². The molecule has 1 aliphatic rings. The molecule has 1 heterocycles. The van der Waals surface area contributed by atoms with Crippen LogP contribution < -0.4 is 0 Å². The Bertz CT molecular complexity index is 274. The molecule has 1 aliphatic heterocycles. The molecule has 0 spiro atoms. The topological polar surface area (TPSA) is 32.8 Å². The van der Waals surface area contributed by atoms with Crippen molar-refractivity contribution >= 4 is 6.09 Å². The monoisotopic (exact) mass is 242 g/mol. The van der Waals surface area contributed by atoms with Crippen LogP contribution >= 0.6 is 0 Å². The van der Waals surface area contributed by atoms with Crippen molar-refractivity contribution in [2.24, 2.45) is 0 Å². The summed E-state index contributed by atoms with van der Waals surface area (Å²) in [6.07, 6.45) is 1.82. The number of amides is 1. The Labute approximate surface area is 105 Å². The summed E-state index contributed by atoms with van der Waals surface area (Å²) in [6.45, 7) is 9.52. The fraction of sp³-hybridized carbons (Fsp3) is 0.923. The Kier molecular flexibility index (Phi) is 4.07. The second-order valence-corrected chi connectivity index (χ2v) is 6.36. The zero-order valence-corrected chi connectivity index (χ0v) is 12.0. The Morgan fingerprint density at radius 3 is 2.06 bits per heavy atom. The molecule has 0 unspecified atom stereocenters. The van der Waals surface area contributed by atoms with Gasteiger partial charge in [0, 0.05) is 18.6 Å². The number of rotatable bonds is 1. The van der Waals surface area contributed by atoms with Gasteiger partial charge in [0.15, 0.2) is 0 Å². The van der Waals surface area contributed by atoms with Crippen molar-refractivity contribution < 1.29 is 9.53 Å². The van der Waals surface area contributed by atoms with Crippen molar-refractivity contribution in [2.75, 3.05) is 27.2 Å². The molecular weight excluding hydrogens is 216 g/mol. The maximum absolute atomic E-state index is 11.9. The van der Waals surface area contributed by atoms with Gasteiger partial charge in [-0.25, -0.2) is 4.79 Å². The molecule has 0 aromatic carbocycles. The van der Waals surface area contributed by atoms with Crippen LogP contribution in [0.4, 0.5) is 4.79 Å². The average Bonchev–Trinajstić information content (AvgIpc) is 2.15. The second-order valence-electron chi connectivity index (χ2n) is 6.36. The first-order valence-electron chi connectivity index (χ1n) is 6.29. The SMILES string of the molecule is CN(C)C1(C)CCN(C(=O)OC(C)(C)C)CC1. The first kappa shape index (κ1) is 14.3. The predicted molar refractivity (Wildman–Crippen MR) is 69.1 cm³/mol. The van der Waals surface area contributed by atoms with E-state index in [2.05, 4.69) is 25.9 Å². The molecular formula is C13H26N2O2. The van der Waals surface area contributed by atoms with Gasteiger partial charge in [-0.3, -0.25) is 0 Å². The van der Waals surface area contributed by atoms with Gasteiger partial charge in [-0.05, 0) is 54.6 Å². The van der Waals surface area contributed by atoms with Gasteiger partial charge in [0.2, 0.25) is 0 Å². The number of ether oxygens (including phenoxy) is 1. The minimum atomic E-state index is -0.403. The second kappa shape index (κ2) is 4.84. The maximum Gasteiger partial charge on any atom is 0.410 e. The van der Waals surface area contributed by atoms with E-state index in [0.717, 1.165) is 25.9 Å². The van der Waals surface area contributed by atoms with Gasteiger partial charge in [0.25, 0.3) is 0 Å². The Balaban J connectivity index is 2.50. The Hall–Kier alpha value is -0.770. The van der Waals surface area contributed by atoms with Crippen LogP contribution in [0.1, 0.15) is 40.5 Å². The summed E-state index contributed by atoms with van der Waals surface area (Å²) >= 11 is 0. The molecule has 0 atom stereocenters. The molecule has 4 heteroatoms. The molecule has 0 aliphatic carbocycles. The molecule has 0 bridgehead atoms. The standard InChI is InChI=1S/C13H26N2O2/c1-12(2,3)17-11(16)15-9-7-13(4,8-10-15)14(5)6/h7-10H2,1-6H3. The predicted octanol–water partition coefficient (Wildman–Crippen LogP) is 2.34. The number of carbonyl (C=O) groups is 1. The largest absolute Gasteiger partial charge is 0.444 e. The summed E-state index contributed by atoms with van der Waals surface area (Å²) in [5.74, 6) is 0. The van der Waals surface area contributed by atoms with Crippen molar-refractivity contribution in [1.29, 1.82) is 0 Å². The molecule has 0 saturated carbocycles. The highest BCUT2D eigenvalue weighted by molar-refractivity contribution is 5.68. The fourth-order valence-corrected chi connectivity index (χ4v) is 1.94. The molecule has 0 radical (unpaired) electrons. The lowest BCUT2D eigenvalue weighted by Crippen LogP contribution is -2.52. The van der Waals surface area contributed by atoms with Crippen molar-refractivity contribution in [2.45, 2.75) is 51.7 Å². The summed E-state index contributed by atoms with van der Waals surface area (Å²) in [4.78, 5) is 16.0. The molecule has 0 N–H and O–H groups in total. The number of likely N-dealkylation sites (tertiary alicyclic amines) is 1. The van der Waals surface area contributed by atoms with Crippen molar-refractivity contribution in [1.82, 2.24) is 9.80 Å². The molecule has 100 valence electrons. The van der Waals surface area contributed by atoms with E-state index in [9.17, 15) is 4.79 Å².